The Morgan fingerprint density at radius 1 is 1.14 bits per heavy atom. The van der Waals surface area contributed by atoms with Crippen LogP contribution in [0.1, 0.15) is 15.9 Å². The zero-order chi connectivity index (χ0) is 19.9. The molecule has 28 heavy (non-hydrogen) atoms. The van der Waals surface area contributed by atoms with Crippen LogP contribution in [0.2, 0.25) is 0 Å². The van der Waals surface area contributed by atoms with Gasteiger partial charge in [-0.25, -0.2) is 4.98 Å². The minimum Gasteiger partial charge on any atom is -0.435 e. The van der Waals surface area contributed by atoms with Crippen LogP contribution in [-0.4, -0.2) is 31.2 Å². The molecule has 0 aliphatic heterocycles. The summed E-state index contributed by atoms with van der Waals surface area (Å²) in [5.74, 6) is -0.378. The molecule has 1 aromatic heterocycles. The molecule has 1 N–H and O–H groups in total. The first-order valence-electron chi connectivity index (χ1n) is 8.45. The van der Waals surface area contributed by atoms with Crippen LogP contribution in [0, 0.1) is 0 Å². The molecule has 1 amide bonds. The molecule has 146 valence electrons. The fraction of sp³-hybridized carbons (Fsp3) is 0.200. The number of ether oxygens (including phenoxy) is 2. The first kappa shape index (κ1) is 19.9. The van der Waals surface area contributed by atoms with Gasteiger partial charge in [-0.05, 0) is 36.2 Å². The molecule has 8 heteroatoms. The number of benzene rings is 2. The minimum atomic E-state index is -2.90. The van der Waals surface area contributed by atoms with E-state index in [9.17, 15) is 13.6 Å². The van der Waals surface area contributed by atoms with E-state index in [1.807, 2.05) is 29.6 Å². The quantitative estimate of drug-likeness (QED) is 0.583. The summed E-state index contributed by atoms with van der Waals surface area (Å²) in [6, 6.07) is 13.5. The molecule has 0 bridgehead atoms. The maximum absolute atomic E-state index is 12.3. The summed E-state index contributed by atoms with van der Waals surface area (Å²) >= 11 is 1.31. The third kappa shape index (κ3) is 5.34. The second-order valence-electron chi connectivity index (χ2n) is 5.83. The van der Waals surface area contributed by atoms with Gasteiger partial charge in [0.05, 0.1) is 12.3 Å². The topological polar surface area (TPSA) is 60.5 Å². The van der Waals surface area contributed by atoms with E-state index in [0.29, 0.717) is 17.3 Å². The normalized spacial score (nSPS) is 10.9. The lowest BCUT2D eigenvalue weighted by molar-refractivity contribution is -0.0498. The first-order valence-corrected chi connectivity index (χ1v) is 9.33. The lowest BCUT2D eigenvalue weighted by atomic mass is 10.1. The van der Waals surface area contributed by atoms with Gasteiger partial charge in [0.1, 0.15) is 5.75 Å². The van der Waals surface area contributed by atoms with Crippen LogP contribution in [0.4, 0.5) is 13.9 Å². The van der Waals surface area contributed by atoms with Gasteiger partial charge < -0.3 is 9.47 Å². The van der Waals surface area contributed by atoms with Gasteiger partial charge in [-0.3, -0.25) is 10.1 Å². The highest BCUT2D eigenvalue weighted by Crippen LogP contribution is 2.26. The third-order valence-electron chi connectivity index (χ3n) is 3.91. The Kier molecular flexibility index (Phi) is 6.67. The predicted octanol–water partition coefficient (Wildman–Crippen LogP) is 4.85. The number of amides is 1. The summed E-state index contributed by atoms with van der Waals surface area (Å²) in [6.45, 7) is -2.23. The standard InChI is InChI=1S/C20H18F2N2O3S/c1-26-11-10-13-2-4-14(5-3-13)17-12-28-20(23-17)24-18(25)15-6-8-16(9-7-15)27-19(21)22/h2-9,12,19H,10-11H2,1H3,(H,23,24,25). The molecule has 0 saturated carbocycles. The fourth-order valence-electron chi connectivity index (χ4n) is 2.48. The molecule has 3 aromatic rings. The van der Waals surface area contributed by atoms with E-state index in [-0.39, 0.29) is 11.7 Å². The molecular formula is C20H18F2N2O3S. The molecule has 0 aliphatic rings. The Morgan fingerprint density at radius 3 is 2.50 bits per heavy atom. The van der Waals surface area contributed by atoms with E-state index >= 15 is 0 Å². The van der Waals surface area contributed by atoms with Gasteiger partial charge in [0.25, 0.3) is 5.91 Å². The minimum absolute atomic E-state index is 0.00275. The molecule has 0 aliphatic carbocycles. The van der Waals surface area contributed by atoms with Gasteiger partial charge in [0.2, 0.25) is 0 Å². The lowest BCUT2D eigenvalue weighted by Gasteiger charge is -2.05. The highest BCUT2D eigenvalue weighted by atomic mass is 32.1. The number of anilines is 1. The Hall–Kier alpha value is -2.84. The van der Waals surface area contributed by atoms with Crippen molar-refractivity contribution >= 4 is 22.4 Å². The molecule has 3 rings (SSSR count). The second kappa shape index (κ2) is 9.38. The number of carbonyl (C=O) groups excluding carboxylic acids is 1. The molecule has 1 heterocycles. The lowest BCUT2D eigenvalue weighted by Crippen LogP contribution is -2.11. The van der Waals surface area contributed by atoms with Gasteiger partial charge in [-0.2, -0.15) is 8.78 Å². The zero-order valence-corrected chi connectivity index (χ0v) is 15.8. The second-order valence-corrected chi connectivity index (χ2v) is 6.69. The van der Waals surface area contributed by atoms with E-state index in [1.165, 1.54) is 41.2 Å². The van der Waals surface area contributed by atoms with Crippen molar-refractivity contribution < 1.29 is 23.0 Å². The number of hydrogen-bond donors (Lipinski definition) is 1. The number of nitrogens with one attached hydrogen (secondary N) is 1. The fourth-order valence-corrected chi connectivity index (χ4v) is 3.20. The number of hydrogen-bond acceptors (Lipinski definition) is 5. The first-order chi connectivity index (χ1) is 13.5. The number of nitrogens with zero attached hydrogens (tertiary/aromatic N) is 1. The molecule has 0 radical (unpaired) electrons. The van der Waals surface area contributed by atoms with Crippen LogP contribution < -0.4 is 10.1 Å². The van der Waals surface area contributed by atoms with Crippen molar-refractivity contribution in [3.8, 4) is 17.0 Å². The van der Waals surface area contributed by atoms with Crippen LogP contribution in [-0.2, 0) is 11.2 Å². The molecule has 0 unspecified atom stereocenters. The Morgan fingerprint density at radius 2 is 1.86 bits per heavy atom. The molecule has 0 spiro atoms. The summed E-state index contributed by atoms with van der Waals surface area (Å²) in [5, 5.41) is 5.03. The Balaban J connectivity index is 1.63. The van der Waals surface area contributed by atoms with E-state index in [0.717, 1.165) is 17.7 Å². The highest BCUT2D eigenvalue weighted by molar-refractivity contribution is 7.14. The van der Waals surface area contributed by atoms with Crippen LogP contribution in [0.5, 0.6) is 5.75 Å². The van der Waals surface area contributed by atoms with E-state index in [4.69, 9.17) is 4.74 Å². The Labute approximate surface area is 164 Å². The zero-order valence-electron chi connectivity index (χ0n) is 15.0. The summed E-state index contributed by atoms with van der Waals surface area (Å²) in [5.41, 5.74) is 3.21. The maximum atomic E-state index is 12.3. The molecule has 0 atom stereocenters. The van der Waals surface area contributed by atoms with E-state index in [1.54, 1.807) is 7.11 Å². The van der Waals surface area contributed by atoms with E-state index < -0.39 is 6.61 Å². The number of carbonyl (C=O) groups is 1. The number of rotatable bonds is 8. The highest BCUT2D eigenvalue weighted by Gasteiger charge is 2.11. The largest absolute Gasteiger partial charge is 0.435 e. The van der Waals surface area contributed by atoms with Crippen molar-refractivity contribution in [2.45, 2.75) is 13.0 Å². The van der Waals surface area contributed by atoms with Crippen LogP contribution in [0.25, 0.3) is 11.3 Å². The average Bonchev–Trinajstić information content (AvgIpc) is 3.15. The van der Waals surface area contributed by atoms with Gasteiger partial charge >= 0.3 is 6.61 Å². The summed E-state index contributed by atoms with van der Waals surface area (Å²) in [7, 11) is 1.67. The summed E-state index contributed by atoms with van der Waals surface area (Å²) < 4.78 is 33.7. The SMILES string of the molecule is COCCc1ccc(-c2csc(NC(=O)c3ccc(OC(F)F)cc3)n2)cc1. The third-order valence-corrected chi connectivity index (χ3v) is 4.67. The molecule has 2 aromatic carbocycles. The van der Waals surface area contributed by atoms with Crippen molar-refractivity contribution in [3.63, 3.8) is 0 Å². The monoisotopic (exact) mass is 404 g/mol. The van der Waals surface area contributed by atoms with Crippen molar-refractivity contribution in [1.82, 2.24) is 4.98 Å². The molecule has 5 nitrogen and oxygen atoms in total. The predicted molar refractivity (Wildman–Crippen MR) is 104 cm³/mol. The molecular weight excluding hydrogens is 386 g/mol. The maximum Gasteiger partial charge on any atom is 0.387 e. The van der Waals surface area contributed by atoms with Crippen molar-refractivity contribution in [2.24, 2.45) is 0 Å². The average molecular weight is 404 g/mol. The number of aromatic nitrogens is 1. The molecule has 0 fully saturated rings. The number of alkyl halides is 2. The van der Waals surface area contributed by atoms with Gasteiger partial charge in [-0.1, -0.05) is 24.3 Å². The summed E-state index contributed by atoms with van der Waals surface area (Å²) in [6.07, 6.45) is 0.844. The van der Waals surface area contributed by atoms with Gasteiger partial charge in [-0.15, -0.1) is 11.3 Å². The summed E-state index contributed by atoms with van der Waals surface area (Å²) in [4.78, 5) is 16.7. The van der Waals surface area contributed by atoms with Crippen LogP contribution in [0.3, 0.4) is 0 Å². The van der Waals surface area contributed by atoms with Crippen molar-refractivity contribution in [2.75, 3.05) is 19.0 Å². The van der Waals surface area contributed by atoms with Crippen molar-refractivity contribution in [3.05, 3.63) is 65.0 Å². The molecule has 0 saturated heterocycles. The van der Waals surface area contributed by atoms with Gasteiger partial charge in [0.15, 0.2) is 5.13 Å². The number of thiazole rings is 1. The Bertz CT molecular complexity index is 912. The smallest absolute Gasteiger partial charge is 0.387 e. The number of halogens is 2. The van der Waals surface area contributed by atoms with Gasteiger partial charge in [0, 0.05) is 23.6 Å². The van der Waals surface area contributed by atoms with Crippen LogP contribution >= 0.6 is 11.3 Å². The number of methoxy groups -OCH3 is 1. The van der Waals surface area contributed by atoms with Crippen molar-refractivity contribution in [1.29, 1.82) is 0 Å². The van der Waals surface area contributed by atoms with Crippen LogP contribution in [0.15, 0.2) is 53.9 Å². The van der Waals surface area contributed by atoms with E-state index in [2.05, 4.69) is 15.0 Å².